The molecule has 8 heteroatoms. The predicted molar refractivity (Wildman–Crippen MR) is 261 cm³/mol. The molecule has 358 valence electrons. The van der Waals surface area contributed by atoms with E-state index in [2.05, 4.69) is 13.8 Å². The highest BCUT2D eigenvalue weighted by molar-refractivity contribution is 7.86. The predicted octanol–water partition coefficient (Wildman–Crippen LogP) is 17.9. The first kappa shape index (κ1) is 57.6. The topological polar surface area (TPSA) is 107 Å². The number of rotatable bonds is 45. The quantitative estimate of drug-likeness (QED) is 0.0301. The number of hydrogen-bond donors (Lipinski definition) is 1. The molecule has 0 heterocycles. The molecule has 0 aliphatic carbocycles. The van der Waals surface area contributed by atoms with Crippen molar-refractivity contribution in [2.24, 2.45) is 0 Å². The van der Waals surface area contributed by atoms with E-state index in [1.807, 2.05) is 0 Å². The monoisotopic (exact) mass is 887 g/mol. The van der Waals surface area contributed by atoms with Gasteiger partial charge in [0.1, 0.15) is 4.90 Å². The van der Waals surface area contributed by atoms with Crippen molar-refractivity contribution < 1.29 is 32.0 Å². The Kier molecular flexibility index (Phi) is 39.5. The van der Waals surface area contributed by atoms with Crippen molar-refractivity contribution in [3.63, 3.8) is 0 Å². The van der Waals surface area contributed by atoms with Gasteiger partial charge in [0.2, 0.25) is 0 Å². The van der Waals surface area contributed by atoms with Gasteiger partial charge in [-0.2, -0.15) is 8.42 Å². The maximum Gasteiger partial charge on any atom is 0.345 e. The van der Waals surface area contributed by atoms with Crippen LogP contribution in [0.5, 0.6) is 0 Å². The van der Waals surface area contributed by atoms with Gasteiger partial charge in [-0.05, 0) is 50.0 Å². The standard InChI is InChI=1S/C54H94O7S/c1-3-5-7-9-11-13-15-17-19-21-23-25-27-29-31-33-35-37-39-41-43-48-60-53(55)50-46-45-47-51(62(57,58)59)52(50)54(56)61-49-44-42-40-38-36-34-32-30-28-26-24-22-20-18-16-14-12-10-8-6-4-2/h43-49H,3-42H2,1-2H3,(H,57,58,59)/b48-43+,49-44+. The molecule has 0 spiro atoms. The van der Waals surface area contributed by atoms with Crippen LogP contribution in [0.2, 0.25) is 0 Å². The van der Waals surface area contributed by atoms with E-state index in [1.54, 1.807) is 12.2 Å². The molecule has 1 N–H and O–H groups in total. The molecular weight excluding hydrogens is 793 g/mol. The summed E-state index contributed by atoms with van der Waals surface area (Å²) in [5.41, 5.74) is -0.828. The summed E-state index contributed by atoms with van der Waals surface area (Å²) in [6, 6.07) is 3.65. The molecule has 0 saturated heterocycles. The molecule has 1 aromatic rings. The minimum Gasteiger partial charge on any atom is -0.431 e. The molecule has 0 saturated carbocycles. The summed E-state index contributed by atoms with van der Waals surface area (Å²) in [6.07, 6.45) is 57.8. The maximum atomic E-state index is 13.0. The van der Waals surface area contributed by atoms with Gasteiger partial charge in [0, 0.05) is 0 Å². The summed E-state index contributed by atoms with van der Waals surface area (Å²) in [4.78, 5) is 25.3. The number of unbranched alkanes of at least 4 members (excludes halogenated alkanes) is 38. The van der Waals surface area contributed by atoms with Gasteiger partial charge in [-0.1, -0.05) is 251 Å². The van der Waals surface area contributed by atoms with Crippen molar-refractivity contribution in [2.75, 3.05) is 0 Å². The minimum atomic E-state index is -4.81. The second-order valence-corrected chi connectivity index (χ2v) is 19.4. The first-order valence-electron chi connectivity index (χ1n) is 26.1. The molecule has 0 bridgehead atoms. The molecule has 62 heavy (non-hydrogen) atoms. The summed E-state index contributed by atoms with van der Waals surface area (Å²) in [5, 5.41) is 0. The number of carbonyl (C=O) groups is 2. The average molecular weight is 887 g/mol. The third kappa shape index (κ3) is 34.0. The van der Waals surface area contributed by atoms with E-state index in [4.69, 9.17) is 9.47 Å². The van der Waals surface area contributed by atoms with Gasteiger partial charge in [0.05, 0.1) is 23.7 Å². The van der Waals surface area contributed by atoms with Crippen LogP contribution in [0, 0.1) is 0 Å². The summed E-state index contributed by atoms with van der Waals surface area (Å²) >= 11 is 0. The minimum absolute atomic E-state index is 0.287. The summed E-state index contributed by atoms with van der Waals surface area (Å²) in [6.45, 7) is 4.55. The van der Waals surface area contributed by atoms with E-state index in [9.17, 15) is 22.6 Å². The number of esters is 2. The molecule has 0 fully saturated rings. The number of ether oxygens (including phenoxy) is 2. The molecule has 0 unspecified atom stereocenters. The second kappa shape index (κ2) is 42.5. The van der Waals surface area contributed by atoms with Crippen LogP contribution in [0.25, 0.3) is 0 Å². The number of allylic oxidation sites excluding steroid dienone is 2. The van der Waals surface area contributed by atoms with Crippen LogP contribution in [0.1, 0.15) is 291 Å². The van der Waals surface area contributed by atoms with Gasteiger partial charge >= 0.3 is 11.9 Å². The molecule has 0 radical (unpaired) electrons. The third-order valence-electron chi connectivity index (χ3n) is 12.2. The van der Waals surface area contributed by atoms with Crippen LogP contribution in [0.15, 0.2) is 47.8 Å². The van der Waals surface area contributed by atoms with E-state index < -0.39 is 32.5 Å². The lowest BCUT2D eigenvalue weighted by atomic mass is 10.0. The third-order valence-corrected chi connectivity index (χ3v) is 13.1. The van der Waals surface area contributed by atoms with Crippen LogP contribution in [-0.2, 0) is 19.6 Å². The van der Waals surface area contributed by atoms with E-state index in [-0.39, 0.29) is 5.56 Å². The molecular formula is C54H94O7S. The van der Waals surface area contributed by atoms with E-state index >= 15 is 0 Å². The zero-order chi connectivity index (χ0) is 45.0. The fourth-order valence-electron chi connectivity index (χ4n) is 8.29. The molecule has 0 aliphatic rings. The largest absolute Gasteiger partial charge is 0.431 e. The summed E-state index contributed by atoms with van der Waals surface area (Å²) in [7, 11) is -4.81. The van der Waals surface area contributed by atoms with Crippen molar-refractivity contribution in [2.45, 2.75) is 276 Å². The Morgan fingerprint density at radius 2 is 0.710 bits per heavy atom. The van der Waals surface area contributed by atoms with Gasteiger partial charge < -0.3 is 9.47 Å². The van der Waals surface area contributed by atoms with Gasteiger partial charge in [-0.15, -0.1) is 0 Å². The lowest BCUT2D eigenvalue weighted by Gasteiger charge is -2.10. The highest BCUT2D eigenvalue weighted by atomic mass is 32.2. The van der Waals surface area contributed by atoms with E-state index in [0.717, 1.165) is 38.2 Å². The van der Waals surface area contributed by atoms with Crippen molar-refractivity contribution in [1.82, 2.24) is 0 Å². The van der Waals surface area contributed by atoms with E-state index in [1.165, 1.54) is 243 Å². The van der Waals surface area contributed by atoms with Gasteiger partial charge in [-0.25, -0.2) is 9.59 Å². The number of hydrogen-bond acceptors (Lipinski definition) is 6. The fraction of sp³-hybridized carbons (Fsp3) is 0.778. The van der Waals surface area contributed by atoms with Crippen molar-refractivity contribution >= 4 is 22.1 Å². The van der Waals surface area contributed by atoms with Gasteiger partial charge in [-0.3, -0.25) is 4.55 Å². The Morgan fingerprint density at radius 3 is 1.00 bits per heavy atom. The Hall–Kier alpha value is -2.45. The SMILES string of the molecule is CCCCCCCCCCCCCCCCCCCCC/C=C/OC(=O)c1cccc(S(=O)(=O)O)c1C(=O)O/C=C/CCCCCCCCCCCCCCCCCCCCC. The molecule has 0 aromatic heterocycles. The molecule has 1 aromatic carbocycles. The van der Waals surface area contributed by atoms with Crippen LogP contribution >= 0.6 is 0 Å². The van der Waals surface area contributed by atoms with Gasteiger partial charge in [0.15, 0.2) is 0 Å². The fourth-order valence-corrected chi connectivity index (χ4v) is 8.99. The highest BCUT2D eigenvalue weighted by Gasteiger charge is 2.28. The van der Waals surface area contributed by atoms with Crippen molar-refractivity contribution in [3.05, 3.63) is 54.0 Å². The van der Waals surface area contributed by atoms with Crippen molar-refractivity contribution in [3.8, 4) is 0 Å². The van der Waals surface area contributed by atoms with Crippen LogP contribution < -0.4 is 0 Å². The average Bonchev–Trinajstić information content (AvgIpc) is 3.26. The molecule has 0 aliphatic heterocycles. The molecule has 1 rings (SSSR count). The Bertz CT molecular complexity index is 1370. The highest BCUT2D eigenvalue weighted by Crippen LogP contribution is 2.23. The zero-order valence-corrected chi connectivity index (χ0v) is 40.9. The zero-order valence-electron chi connectivity index (χ0n) is 40.1. The second-order valence-electron chi connectivity index (χ2n) is 18.0. The van der Waals surface area contributed by atoms with Gasteiger partial charge in [0.25, 0.3) is 10.1 Å². The smallest absolute Gasteiger partial charge is 0.345 e. The Morgan fingerprint density at radius 1 is 0.435 bits per heavy atom. The van der Waals surface area contributed by atoms with Crippen LogP contribution in [-0.4, -0.2) is 24.9 Å². The molecule has 7 nitrogen and oxygen atoms in total. The first-order chi connectivity index (χ1) is 30.3. The lowest BCUT2D eigenvalue weighted by molar-refractivity contribution is 0.0614. The maximum absolute atomic E-state index is 13.0. The Labute approximate surface area is 382 Å². The lowest BCUT2D eigenvalue weighted by Crippen LogP contribution is -2.16. The van der Waals surface area contributed by atoms with Crippen molar-refractivity contribution in [1.29, 1.82) is 0 Å². The number of carbonyl (C=O) groups excluding carboxylic acids is 2. The van der Waals surface area contributed by atoms with E-state index in [0.29, 0.717) is 6.42 Å². The number of benzene rings is 1. The normalized spacial score (nSPS) is 11.9. The Balaban J connectivity index is 2.18. The summed E-state index contributed by atoms with van der Waals surface area (Å²) < 4.78 is 44.6. The molecule has 0 amide bonds. The first-order valence-corrected chi connectivity index (χ1v) is 27.6. The molecule has 0 atom stereocenters. The van der Waals surface area contributed by atoms with Crippen LogP contribution in [0.4, 0.5) is 0 Å². The van der Waals surface area contributed by atoms with Crippen LogP contribution in [0.3, 0.4) is 0 Å². The summed E-state index contributed by atoms with van der Waals surface area (Å²) in [5.74, 6) is -1.95.